The van der Waals surface area contributed by atoms with Crippen LogP contribution in [0.2, 0.25) is 0 Å². The summed E-state index contributed by atoms with van der Waals surface area (Å²) in [4.78, 5) is 34.7. The van der Waals surface area contributed by atoms with Crippen LogP contribution in [-0.4, -0.2) is 34.1 Å². The van der Waals surface area contributed by atoms with Crippen LogP contribution in [0.15, 0.2) is 47.9 Å². The van der Waals surface area contributed by atoms with Gasteiger partial charge in [-0.1, -0.05) is 17.8 Å². The Kier molecular flexibility index (Phi) is 4.80. The lowest BCUT2D eigenvalue weighted by Gasteiger charge is -2.29. The molecule has 0 bridgehead atoms. The molecule has 7 heteroatoms. The van der Waals surface area contributed by atoms with Gasteiger partial charge in [0.2, 0.25) is 11.8 Å². The van der Waals surface area contributed by atoms with Gasteiger partial charge in [-0.2, -0.15) is 0 Å². The van der Waals surface area contributed by atoms with Gasteiger partial charge in [0.25, 0.3) is 0 Å². The van der Waals surface area contributed by atoms with Gasteiger partial charge in [-0.15, -0.1) is 0 Å². The summed E-state index contributed by atoms with van der Waals surface area (Å²) in [5.74, 6) is -0.241. The average molecular weight is 342 g/mol. The Hall–Kier alpha value is -2.41. The molecule has 3 heterocycles. The maximum absolute atomic E-state index is 12.5. The first-order chi connectivity index (χ1) is 11.6. The molecule has 3 rings (SSSR count). The van der Waals surface area contributed by atoms with Crippen LogP contribution in [0.25, 0.3) is 0 Å². The number of aromatic nitrogens is 2. The van der Waals surface area contributed by atoms with Crippen molar-refractivity contribution < 1.29 is 9.59 Å². The van der Waals surface area contributed by atoms with Crippen LogP contribution >= 0.6 is 11.8 Å². The normalized spacial score (nSPS) is 18.0. The van der Waals surface area contributed by atoms with Crippen LogP contribution in [0, 0.1) is 0 Å². The third-order valence-electron chi connectivity index (χ3n) is 3.91. The number of hydrogen-bond donors (Lipinski definition) is 1. The van der Waals surface area contributed by atoms with Gasteiger partial charge >= 0.3 is 0 Å². The number of rotatable bonds is 4. The highest BCUT2D eigenvalue weighted by Crippen LogP contribution is 2.37. The minimum atomic E-state index is -0.460. The maximum atomic E-state index is 12.5. The first kappa shape index (κ1) is 16.4. The van der Waals surface area contributed by atoms with Gasteiger partial charge in [0.1, 0.15) is 5.03 Å². The molecule has 1 aliphatic rings. The minimum Gasteiger partial charge on any atom is -0.349 e. The number of carbonyl (C=O) groups excluding carboxylic acids is 2. The highest BCUT2D eigenvalue weighted by molar-refractivity contribution is 8.00. The summed E-state index contributed by atoms with van der Waals surface area (Å²) in [6.07, 6.45) is 5.22. The summed E-state index contributed by atoms with van der Waals surface area (Å²) >= 11 is 1.34. The Bertz CT molecular complexity index is 753. The van der Waals surface area contributed by atoms with E-state index >= 15 is 0 Å². The van der Waals surface area contributed by atoms with Crippen LogP contribution < -0.4 is 10.2 Å². The molecule has 0 saturated carbocycles. The first-order valence-electron chi connectivity index (χ1n) is 7.65. The minimum absolute atomic E-state index is 0.0790. The Morgan fingerprint density at radius 2 is 2.17 bits per heavy atom. The Balaban J connectivity index is 1.66. The van der Waals surface area contributed by atoms with Crippen molar-refractivity contribution in [3.8, 4) is 0 Å². The third kappa shape index (κ3) is 3.41. The SMILES string of the molecule is C[C@H](NC(=O)C[C@@H]1Sc2ncccc2N(C)C1=O)c1cccnc1. The zero-order chi connectivity index (χ0) is 17.1. The number of thioether (sulfide) groups is 1. The van der Waals surface area contributed by atoms with Gasteiger partial charge in [0.15, 0.2) is 0 Å². The fourth-order valence-corrected chi connectivity index (χ4v) is 3.77. The van der Waals surface area contributed by atoms with Crippen molar-refractivity contribution in [1.82, 2.24) is 15.3 Å². The van der Waals surface area contributed by atoms with Crippen molar-refractivity contribution in [3.05, 3.63) is 48.4 Å². The molecule has 0 aromatic carbocycles. The van der Waals surface area contributed by atoms with E-state index in [0.29, 0.717) is 0 Å². The molecule has 0 aliphatic carbocycles. The number of anilines is 1. The van der Waals surface area contributed by atoms with Gasteiger partial charge in [-0.25, -0.2) is 4.98 Å². The lowest BCUT2D eigenvalue weighted by Crippen LogP contribution is -2.41. The molecule has 2 atom stereocenters. The molecule has 24 heavy (non-hydrogen) atoms. The fourth-order valence-electron chi connectivity index (χ4n) is 2.56. The van der Waals surface area contributed by atoms with Crippen molar-refractivity contribution >= 4 is 29.3 Å². The summed E-state index contributed by atoms with van der Waals surface area (Å²) in [5, 5.41) is 3.24. The molecule has 2 aromatic heterocycles. The van der Waals surface area contributed by atoms with E-state index in [9.17, 15) is 9.59 Å². The fraction of sp³-hybridized carbons (Fsp3) is 0.294. The number of pyridine rings is 2. The number of carbonyl (C=O) groups is 2. The van der Waals surface area contributed by atoms with Gasteiger partial charge in [-0.3, -0.25) is 14.6 Å². The zero-order valence-corrected chi connectivity index (χ0v) is 14.3. The smallest absolute Gasteiger partial charge is 0.240 e. The van der Waals surface area contributed by atoms with E-state index in [-0.39, 0.29) is 24.3 Å². The number of nitrogens with zero attached hydrogens (tertiary/aromatic N) is 3. The van der Waals surface area contributed by atoms with E-state index in [4.69, 9.17) is 0 Å². The van der Waals surface area contributed by atoms with Crippen molar-refractivity contribution in [2.75, 3.05) is 11.9 Å². The molecule has 6 nitrogen and oxygen atoms in total. The average Bonchev–Trinajstić information content (AvgIpc) is 2.60. The summed E-state index contributed by atoms with van der Waals surface area (Å²) in [6.45, 7) is 1.90. The lowest BCUT2D eigenvalue weighted by molar-refractivity contribution is -0.125. The van der Waals surface area contributed by atoms with Gasteiger partial charge < -0.3 is 10.2 Å². The second-order valence-corrected chi connectivity index (χ2v) is 6.80. The number of nitrogens with one attached hydrogen (secondary N) is 1. The van der Waals surface area contributed by atoms with Crippen molar-refractivity contribution in [2.24, 2.45) is 0 Å². The molecule has 0 spiro atoms. The summed E-state index contributed by atoms with van der Waals surface area (Å²) in [5.41, 5.74) is 1.71. The highest BCUT2D eigenvalue weighted by Gasteiger charge is 2.33. The van der Waals surface area contributed by atoms with Gasteiger partial charge in [-0.05, 0) is 30.7 Å². The van der Waals surface area contributed by atoms with Crippen LogP contribution in [0.3, 0.4) is 0 Å². The zero-order valence-electron chi connectivity index (χ0n) is 13.5. The predicted octanol–water partition coefficient (Wildman–Crippen LogP) is 2.18. The van der Waals surface area contributed by atoms with Crippen molar-refractivity contribution in [1.29, 1.82) is 0 Å². The van der Waals surface area contributed by atoms with E-state index in [1.54, 1.807) is 36.6 Å². The summed E-state index contributed by atoms with van der Waals surface area (Å²) < 4.78 is 0. The molecule has 0 fully saturated rings. The number of hydrogen-bond acceptors (Lipinski definition) is 5. The molecule has 1 N–H and O–H groups in total. The second kappa shape index (κ2) is 7.00. The van der Waals surface area contributed by atoms with E-state index in [2.05, 4.69) is 15.3 Å². The standard InChI is InChI=1S/C17H18N4O2S/c1-11(12-5-3-7-18-10-12)20-15(22)9-14-17(23)21(2)13-6-4-8-19-16(13)24-14/h3-8,10-11,14H,9H2,1-2H3,(H,20,22)/t11-,14-/m0/s1. The van der Waals surface area contributed by atoms with Gasteiger partial charge in [0, 0.05) is 32.1 Å². The van der Waals surface area contributed by atoms with Gasteiger partial charge in [0.05, 0.1) is 17.0 Å². The van der Waals surface area contributed by atoms with E-state index in [0.717, 1.165) is 16.3 Å². The van der Waals surface area contributed by atoms with Crippen LogP contribution in [0.4, 0.5) is 5.69 Å². The van der Waals surface area contributed by atoms with E-state index in [1.807, 2.05) is 25.1 Å². The topological polar surface area (TPSA) is 75.2 Å². The predicted molar refractivity (Wildman–Crippen MR) is 92.7 cm³/mol. The quantitative estimate of drug-likeness (QED) is 0.922. The molecule has 2 aromatic rings. The number of amides is 2. The summed E-state index contributed by atoms with van der Waals surface area (Å²) in [7, 11) is 1.71. The Morgan fingerprint density at radius 1 is 1.38 bits per heavy atom. The Morgan fingerprint density at radius 3 is 2.92 bits per heavy atom. The van der Waals surface area contributed by atoms with Crippen molar-refractivity contribution in [3.63, 3.8) is 0 Å². The first-order valence-corrected chi connectivity index (χ1v) is 8.52. The van der Waals surface area contributed by atoms with Crippen LogP contribution in [0.5, 0.6) is 0 Å². The summed E-state index contributed by atoms with van der Waals surface area (Å²) in [6, 6.07) is 7.24. The van der Waals surface area contributed by atoms with Crippen LogP contribution in [0.1, 0.15) is 24.9 Å². The lowest BCUT2D eigenvalue weighted by atomic mass is 10.1. The molecule has 1 aliphatic heterocycles. The molecular weight excluding hydrogens is 324 g/mol. The Labute approximate surface area is 144 Å². The maximum Gasteiger partial charge on any atom is 0.240 e. The molecular formula is C17H18N4O2S. The molecule has 0 radical (unpaired) electrons. The molecule has 0 saturated heterocycles. The highest BCUT2D eigenvalue weighted by atomic mass is 32.2. The van der Waals surface area contributed by atoms with E-state index < -0.39 is 5.25 Å². The number of fused-ring (bicyclic) bond motifs is 1. The molecule has 0 unspecified atom stereocenters. The third-order valence-corrected chi connectivity index (χ3v) is 5.10. The van der Waals surface area contributed by atoms with Crippen LogP contribution in [-0.2, 0) is 9.59 Å². The molecule has 124 valence electrons. The second-order valence-electron chi connectivity index (χ2n) is 5.61. The largest absolute Gasteiger partial charge is 0.349 e. The van der Waals surface area contributed by atoms with Crippen molar-refractivity contribution in [2.45, 2.75) is 29.7 Å². The monoisotopic (exact) mass is 342 g/mol. The van der Waals surface area contributed by atoms with E-state index in [1.165, 1.54) is 11.8 Å². The molecule has 2 amide bonds.